The van der Waals surface area contributed by atoms with E-state index in [4.69, 9.17) is 4.63 Å². The highest BCUT2D eigenvalue weighted by atomic mass is 16.6. The number of nitrogens with one attached hydrogen (secondary N) is 2. The van der Waals surface area contributed by atoms with Crippen LogP contribution in [0.15, 0.2) is 29.0 Å². The fraction of sp³-hybridized carbons (Fsp3) is 0.400. The number of piperazine rings is 1. The van der Waals surface area contributed by atoms with Crippen molar-refractivity contribution < 1.29 is 19.3 Å². The summed E-state index contributed by atoms with van der Waals surface area (Å²) in [5, 5.41) is 21.3. The number of fused-ring (bicyclic) bond motifs is 1. The molecule has 0 spiro atoms. The summed E-state index contributed by atoms with van der Waals surface area (Å²) in [6.45, 7) is 6.65. The van der Waals surface area contributed by atoms with Gasteiger partial charge in [0, 0.05) is 68.0 Å². The van der Waals surface area contributed by atoms with Crippen LogP contribution >= 0.6 is 0 Å². The summed E-state index contributed by atoms with van der Waals surface area (Å²) in [5.41, 5.74) is 3.76. The van der Waals surface area contributed by atoms with Crippen molar-refractivity contribution in [1.29, 1.82) is 0 Å². The molecule has 1 aliphatic rings. The Hall–Kier alpha value is -3.24. The highest BCUT2D eigenvalue weighted by Gasteiger charge is 2.32. The van der Waals surface area contributed by atoms with Gasteiger partial charge in [-0.3, -0.25) is 19.4 Å². The predicted molar refractivity (Wildman–Crippen MR) is 109 cm³/mol. The van der Waals surface area contributed by atoms with Gasteiger partial charge in [0.1, 0.15) is 17.4 Å². The second kappa shape index (κ2) is 8.25. The average Bonchev–Trinajstić information content (AvgIpc) is 3.29. The van der Waals surface area contributed by atoms with Gasteiger partial charge in [-0.15, -0.1) is 0 Å². The smallest absolute Gasteiger partial charge is 0.325 e. The van der Waals surface area contributed by atoms with Crippen LogP contribution in [0.2, 0.25) is 0 Å². The molecule has 2 aromatic heterocycles. The molecule has 0 unspecified atom stereocenters. The van der Waals surface area contributed by atoms with Crippen LogP contribution in [-0.4, -0.2) is 68.3 Å². The van der Waals surface area contributed by atoms with Crippen LogP contribution in [0.25, 0.3) is 10.9 Å². The van der Waals surface area contributed by atoms with E-state index in [1.165, 1.54) is 6.92 Å². The first-order valence-corrected chi connectivity index (χ1v) is 9.78. The number of rotatable bonds is 6. The molecule has 3 N–H and O–H groups in total. The van der Waals surface area contributed by atoms with Gasteiger partial charge < -0.3 is 15.4 Å². The first kappa shape index (κ1) is 20.0. The second-order valence-corrected chi connectivity index (χ2v) is 7.53. The maximum Gasteiger partial charge on any atom is 0.325 e. The highest BCUT2D eigenvalue weighted by molar-refractivity contribution is 5.94. The van der Waals surface area contributed by atoms with E-state index in [0.717, 1.165) is 40.9 Å². The molecule has 1 saturated heterocycles. The van der Waals surface area contributed by atoms with Crippen LogP contribution in [0.1, 0.15) is 29.9 Å². The number of aromatic nitrogens is 3. The number of carboxylic acid groups (broad SMARTS) is 1. The molecule has 0 aliphatic carbocycles. The van der Waals surface area contributed by atoms with Crippen molar-refractivity contribution in [2.75, 3.05) is 31.5 Å². The molecule has 1 amide bonds. The predicted octanol–water partition coefficient (Wildman–Crippen LogP) is 1.76. The Balaban J connectivity index is 1.50. The molecule has 1 aliphatic heterocycles. The molecule has 10 heteroatoms. The number of hydrogen-bond acceptors (Lipinski definition) is 7. The van der Waals surface area contributed by atoms with Crippen LogP contribution in [0.5, 0.6) is 0 Å². The molecule has 1 atom stereocenters. The lowest BCUT2D eigenvalue weighted by atomic mass is 10.0. The van der Waals surface area contributed by atoms with Gasteiger partial charge in [-0.1, -0.05) is 16.4 Å². The van der Waals surface area contributed by atoms with Crippen LogP contribution in [0, 0.1) is 6.92 Å². The summed E-state index contributed by atoms with van der Waals surface area (Å²) in [5.74, 6) is -1.04. The molecule has 30 heavy (non-hydrogen) atoms. The first-order valence-electron chi connectivity index (χ1n) is 9.78. The number of hydrogen-bond donors (Lipinski definition) is 3. The topological polar surface area (TPSA) is 128 Å². The Kier molecular flexibility index (Phi) is 5.51. The van der Waals surface area contributed by atoms with Crippen LogP contribution in [-0.2, 0) is 16.1 Å². The van der Waals surface area contributed by atoms with Crippen molar-refractivity contribution in [1.82, 2.24) is 25.1 Å². The molecule has 3 aromatic rings. The Labute approximate surface area is 172 Å². The molecule has 4 rings (SSSR count). The van der Waals surface area contributed by atoms with Gasteiger partial charge in [-0.2, -0.15) is 0 Å². The van der Waals surface area contributed by atoms with Crippen LogP contribution < -0.4 is 5.32 Å². The van der Waals surface area contributed by atoms with Crippen molar-refractivity contribution in [2.45, 2.75) is 26.4 Å². The van der Waals surface area contributed by atoms with Gasteiger partial charge in [0.15, 0.2) is 0 Å². The van der Waals surface area contributed by atoms with Crippen molar-refractivity contribution in [3.63, 3.8) is 0 Å². The normalized spacial score (nSPS) is 16.6. The van der Waals surface area contributed by atoms with E-state index in [0.29, 0.717) is 25.3 Å². The Morgan fingerprint density at radius 3 is 2.67 bits per heavy atom. The molecule has 0 radical (unpaired) electrons. The van der Waals surface area contributed by atoms with Crippen LogP contribution in [0.3, 0.4) is 0 Å². The number of carboxylic acids is 1. The quantitative estimate of drug-likeness (QED) is 0.559. The summed E-state index contributed by atoms with van der Waals surface area (Å²) in [7, 11) is 0. The van der Waals surface area contributed by atoms with Gasteiger partial charge in [0.2, 0.25) is 5.91 Å². The van der Waals surface area contributed by atoms with E-state index < -0.39 is 12.0 Å². The van der Waals surface area contributed by atoms with E-state index in [9.17, 15) is 14.7 Å². The lowest BCUT2D eigenvalue weighted by Gasteiger charge is -2.37. The number of carbonyl (C=O) groups excluding carboxylic acids is 1. The van der Waals surface area contributed by atoms with Gasteiger partial charge in [0.05, 0.1) is 0 Å². The summed E-state index contributed by atoms with van der Waals surface area (Å²) in [6, 6.07) is 4.69. The molecule has 0 saturated carbocycles. The first-order chi connectivity index (χ1) is 14.4. The number of carbonyl (C=O) groups is 2. The molecular weight excluding hydrogens is 388 g/mol. The van der Waals surface area contributed by atoms with Crippen molar-refractivity contribution >= 4 is 28.5 Å². The highest BCUT2D eigenvalue weighted by Crippen LogP contribution is 2.31. The second-order valence-electron chi connectivity index (χ2n) is 7.53. The third-order valence-corrected chi connectivity index (χ3v) is 5.45. The number of nitrogens with zero attached hydrogens (tertiary/aromatic N) is 4. The molecular formula is C20H24N6O4. The fourth-order valence-electron chi connectivity index (χ4n) is 3.93. The zero-order valence-electron chi connectivity index (χ0n) is 16.9. The number of anilines is 1. The van der Waals surface area contributed by atoms with Crippen molar-refractivity contribution in [2.24, 2.45) is 0 Å². The molecule has 10 nitrogen and oxygen atoms in total. The summed E-state index contributed by atoms with van der Waals surface area (Å²) >= 11 is 0. The maximum absolute atomic E-state index is 12.2. The van der Waals surface area contributed by atoms with Gasteiger partial charge in [-0.05, 0) is 19.1 Å². The number of aromatic amines is 1. The third-order valence-electron chi connectivity index (χ3n) is 5.45. The van der Waals surface area contributed by atoms with E-state index in [2.05, 4.69) is 25.5 Å². The number of benzene rings is 1. The zero-order valence-corrected chi connectivity index (χ0v) is 16.9. The van der Waals surface area contributed by atoms with E-state index in [-0.39, 0.29) is 5.91 Å². The van der Waals surface area contributed by atoms with Gasteiger partial charge >= 0.3 is 5.97 Å². The Morgan fingerprint density at radius 1 is 1.27 bits per heavy atom. The zero-order chi connectivity index (χ0) is 21.3. The van der Waals surface area contributed by atoms with Crippen LogP contribution in [0.4, 0.5) is 5.69 Å². The summed E-state index contributed by atoms with van der Waals surface area (Å²) in [4.78, 5) is 30.8. The van der Waals surface area contributed by atoms with E-state index in [1.807, 2.05) is 24.0 Å². The lowest BCUT2D eigenvalue weighted by Crippen LogP contribution is -2.48. The molecule has 0 bridgehead atoms. The number of amides is 1. The molecule has 3 heterocycles. The monoisotopic (exact) mass is 412 g/mol. The number of aryl methyl sites for hydroxylation is 1. The number of H-pyrrole nitrogens is 1. The van der Waals surface area contributed by atoms with E-state index >= 15 is 0 Å². The third kappa shape index (κ3) is 4.05. The van der Waals surface area contributed by atoms with E-state index in [1.54, 1.807) is 12.3 Å². The summed E-state index contributed by atoms with van der Waals surface area (Å²) in [6.07, 6.45) is 1.75. The molecule has 1 fully saturated rings. The van der Waals surface area contributed by atoms with Gasteiger partial charge in [-0.25, -0.2) is 4.63 Å². The average molecular weight is 412 g/mol. The fourth-order valence-corrected chi connectivity index (χ4v) is 3.93. The minimum Gasteiger partial charge on any atom is -0.480 e. The van der Waals surface area contributed by atoms with Crippen molar-refractivity contribution in [3.05, 3.63) is 41.3 Å². The number of aliphatic carboxylic acids is 1. The standard InChI is InChI=1S/C20H24N6O4/c1-12-18(24-30-23-12)11-25-5-7-26(8-6-25)19(20(28)29)16-10-21-17-9-14(22-13(2)27)3-4-15(16)17/h3-4,9-10,19,21H,5-8,11H2,1-2H3,(H,22,27)(H,28,29)/t19-/m0/s1. The SMILES string of the molecule is CC(=O)Nc1ccc2c([C@@H](C(=O)O)N3CCN(Cc4nonc4C)CC3)c[nH]c2c1. The minimum absolute atomic E-state index is 0.154. The Morgan fingerprint density at radius 2 is 2.03 bits per heavy atom. The minimum atomic E-state index is -0.883. The largest absolute Gasteiger partial charge is 0.480 e. The molecule has 158 valence electrons. The summed E-state index contributed by atoms with van der Waals surface area (Å²) < 4.78 is 4.76. The maximum atomic E-state index is 12.2. The van der Waals surface area contributed by atoms with Crippen molar-refractivity contribution in [3.8, 4) is 0 Å². The van der Waals surface area contributed by atoms with Gasteiger partial charge in [0.25, 0.3) is 0 Å². The molecule has 1 aromatic carbocycles. The Bertz CT molecular complexity index is 1070. The lowest BCUT2D eigenvalue weighted by molar-refractivity contribution is -0.144.